The Morgan fingerprint density at radius 1 is 1.29 bits per heavy atom. The molecule has 1 aliphatic rings. The van der Waals surface area contributed by atoms with E-state index in [2.05, 4.69) is 10.6 Å². The number of carbonyl (C=O) groups excluding carboxylic acids is 1. The first-order valence-electron chi connectivity index (χ1n) is 7.28. The molecule has 0 radical (unpaired) electrons. The van der Waals surface area contributed by atoms with E-state index in [0.717, 1.165) is 32.4 Å². The van der Waals surface area contributed by atoms with Crippen molar-refractivity contribution in [3.63, 3.8) is 0 Å². The van der Waals surface area contributed by atoms with Crippen LogP contribution in [0.2, 0.25) is 0 Å². The molecule has 0 aliphatic carbocycles. The molecule has 1 unspecified atom stereocenters. The molecule has 1 amide bonds. The SMILES string of the molecule is O=C(NC1CCCCNC1)c1cc(=O)c2ccccc2o1. The van der Waals surface area contributed by atoms with E-state index in [-0.39, 0.29) is 23.1 Å². The molecule has 1 fully saturated rings. The molecule has 0 bridgehead atoms. The highest BCUT2D eigenvalue weighted by molar-refractivity contribution is 5.93. The summed E-state index contributed by atoms with van der Waals surface area (Å²) in [4.78, 5) is 24.2. The average Bonchev–Trinajstić information content (AvgIpc) is 2.76. The Morgan fingerprint density at radius 2 is 2.14 bits per heavy atom. The summed E-state index contributed by atoms with van der Waals surface area (Å²) in [6.07, 6.45) is 3.15. The van der Waals surface area contributed by atoms with Crippen molar-refractivity contribution in [2.24, 2.45) is 0 Å². The predicted molar refractivity (Wildman–Crippen MR) is 80.5 cm³/mol. The summed E-state index contributed by atoms with van der Waals surface area (Å²) in [5.41, 5.74) is 0.245. The van der Waals surface area contributed by atoms with E-state index in [1.807, 2.05) is 0 Å². The molecule has 0 spiro atoms. The van der Waals surface area contributed by atoms with Gasteiger partial charge in [0.2, 0.25) is 0 Å². The zero-order valence-corrected chi connectivity index (χ0v) is 11.7. The molecule has 2 heterocycles. The van der Waals surface area contributed by atoms with E-state index in [1.165, 1.54) is 6.07 Å². The van der Waals surface area contributed by atoms with Gasteiger partial charge in [0.25, 0.3) is 5.91 Å². The van der Waals surface area contributed by atoms with E-state index in [9.17, 15) is 9.59 Å². The number of amides is 1. The van der Waals surface area contributed by atoms with Crippen molar-refractivity contribution in [3.8, 4) is 0 Å². The van der Waals surface area contributed by atoms with Crippen molar-refractivity contribution in [2.45, 2.75) is 25.3 Å². The summed E-state index contributed by atoms with van der Waals surface area (Å²) in [6, 6.07) is 8.29. The number of fused-ring (bicyclic) bond motifs is 1. The van der Waals surface area contributed by atoms with Gasteiger partial charge in [0.05, 0.1) is 5.39 Å². The summed E-state index contributed by atoms with van der Waals surface area (Å²) >= 11 is 0. The summed E-state index contributed by atoms with van der Waals surface area (Å²) in [5, 5.41) is 6.71. The maximum atomic E-state index is 12.2. The Balaban J connectivity index is 1.82. The van der Waals surface area contributed by atoms with Gasteiger partial charge >= 0.3 is 0 Å². The fourth-order valence-electron chi connectivity index (χ4n) is 2.61. The first kappa shape index (κ1) is 13.8. The smallest absolute Gasteiger partial charge is 0.287 e. The van der Waals surface area contributed by atoms with Crippen LogP contribution in [0.4, 0.5) is 0 Å². The number of para-hydroxylation sites is 1. The van der Waals surface area contributed by atoms with Crippen LogP contribution in [-0.2, 0) is 0 Å². The molecule has 1 aliphatic heterocycles. The van der Waals surface area contributed by atoms with Gasteiger partial charge in [0.1, 0.15) is 5.58 Å². The van der Waals surface area contributed by atoms with Crippen LogP contribution in [0.3, 0.4) is 0 Å². The van der Waals surface area contributed by atoms with E-state index < -0.39 is 0 Å². The van der Waals surface area contributed by atoms with Gasteiger partial charge < -0.3 is 15.1 Å². The normalized spacial score (nSPS) is 19.1. The quantitative estimate of drug-likeness (QED) is 0.881. The molecule has 1 atom stereocenters. The van der Waals surface area contributed by atoms with Gasteiger partial charge in [-0.05, 0) is 31.5 Å². The number of carbonyl (C=O) groups is 1. The maximum Gasteiger partial charge on any atom is 0.287 e. The first-order valence-corrected chi connectivity index (χ1v) is 7.28. The maximum absolute atomic E-state index is 12.2. The molecule has 1 saturated heterocycles. The van der Waals surface area contributed by atoms with Gasteiger partial charge in [0, 0.05) is 18.7 Å². The minimum absolute atomic E-state index is 0.0722. The Kier molecular flexibility index (Phi) is 4.01. The monoisotopic (exact) mass is 286 g/mol. The zero-order chi connectivity index (χ0) is 14.7. The Labute approximate surface area is 122 Å². The van der Waals surface area contributed by atoms with Gasteiger partial charge in [-0.2, -0.15) is 0 Å². The highest BCUT2D eigenvalue weighted by Crippen LogP contribution is 2.12. The molecule has 21 heavy (non-hydrogen) atoms. The fourth-order valence-corrected chi connectivity index (χ4v) is 2.61. The van der Waals surface area contributed by atoms with Crippen molar-refractivity contribution in [1.29, 1.82) is 0 Å². The molecule has 110 valence electrons. The highest BCUT2D eigenvalue weighted by Gasteiger charge is 2.18. The Hall–Kier alpha value is -2.14. The van der Waals surface area contributed by atoms with Crippen molar-refractivity contribution < 1.29 is 9.21 Å². The molecular formula is C16H18N2O3. The molecule has 1 aromatic carbocycles. The van der Waals surface area contributed by atoms with E-state index in [0.29, 0.717) is 11.0 Å². The lowest BCUT2D eigenvalue weighted by molar-refractivity contribution is 0.0908. The molecule has 2 aromatic rings. The lowest BCUT2D eigenvalue weighted by Gasteiger charge is -2.15. The van der Waals surface area contributed by atoms with Crippen LogP contribution in [0, 0.1) is 0 Å². The molecule has 2 N–H and O–H groups in total. The number of nitrogens with one attached hydrogen (secondary N) is 2. The summed E-state index contributed by atoms with van der Waals surface area (Å²) < 4.78 is 5.54. The number of rotatable bonds is 2. The number of hydrogen-bond acceptors (Lipinski definition) is 4. The van der Waals surface area contributed by atoms with Crippen molar-refractivity contribution in [2.75, 3.05) is 13.1 Å². The zero-order valence-electron chi connectivity index (χ0n) is 11.7. The van der Waals surface area contributed by atoms with Crippen molar-refractivity contribution in [1.82, 2.24) is 10.6 Å². The Bertz CT molecular complexity index is 700. The van der Waals surface area contributed by atoms with Crippen LogP contribution < -0.4 is 16.1 Å². The topological polar surface area (TPSA) is 71.3 Å². The second kappa shape index (κ2) is 6.10. The average molecular weight is 286 g/mol. The minimum Gasteiger partial charge on any atom is -0.451 e. The highest BCUT2D eigenvalue weighted by atomic mass is 16.3. The second-order valence-corrected chi connectivity index (χ2v) is 5.34. The molecule has 3 rings (SSSR count). The first-order chi connectivity index (χ1) is 10.2. The third-order valence-corrected chi connectivity index (χ3v) is 3.74. The lowest BCUT2D eigenvalue weighted by Crippen LogP contribution is -2.41. The molecule has 0 saturated carbocycles. The largest absolute Gasteiger partial charge is 0.451 e. The van der Waals surface area contributed by atoms with Gasteiger partial charge in [0.15, 0.2) is 11.2 Å². The Morgan fingerprint density at radius 3 is 3.05 bits per heavy atom. The molecule has 1 aromatic heterocycles. The van der Waals surface area contributed by atoms with Crippen molar-refractivity contribution >= 4 is 16.9 Å². The van der Waals surface area contributed by atoms with E-state index >= 15 is 0 Å². The van der Waals surface area contributed by atoms with Gasteiger partial charge in [-0.1, -0.05) is 18.6 Å². The fraction of sp³-hybridized carbons (Fsp3) is 0.375. The van der Waals surface area contributed by atoms with Crippen LogP contribution in [0.25, 0.3) is 11.0 Å². The molecular weight excluding hydrogens is 268 g/mol. The van der Waals surface area contributed by atoms with Gasteiger partial charge in [-0.25, -0.2) is 0 Å². The summed E-state index contributed by atoms with van der Waals surface area (Å²) in [6.45, 7) is 1.74. The standard InChI is InChI=1S/C16H18N2O3/c19-13-9-15(21-14-7-2-1-6-12(13)14)16(20)18-11-5-3-4-8-17-10-11/h1-2,6-7,9,11,17H,3-5,8,10H2,(H,18,20). The third-order valence-electron chi connectivity index (χ3n) is 3.74. The van der Waals surface area contributed by atoms with Crippen molar-refractivity contribution in [3.05, 3.63) is 46.3 Å². The van der Waals surface area contributed by atoms with Crippen LogP contribution in [0.1, 0.15) is 29.8 Å². The third kappa shape index (κ3) is 3.13. The predicted octanol–water partition coefficient (Wildman–Crippen LogP) is 1.66. The van der Waals surface area contributed by atoms with Crippen LogP contribution in [-0.4, -0.2) is 25.0 Å². The van der Waals surface area contributed by atoms with E-state index in [4.69, 9.17) is 4.42 Å². The van der Waals surface area contributed by atoms with Crippen LogP contribution in [0.15, 0.2) is 39.5 Å². The number of benzene rings is 1. The van der Waals surface area contributed by atoms with Gasteiger partial charge in [-0.15, -0.1) is 0 Å². The molecule has 5 nitrogen and oxygen atoms in total. The summed E-state index contributed by atoms with van der Waals surface area (Å²) in [5.74, 6) is -0.255. The van der Waals surface area contributed by atoms with Crippen LogP contribution in [0.5, 0.6) is 0 Å². The van der Waals surface area contributed by atoms with Gasteiger partial charge in [-0.3, -0.25) is 9.59 Å². The molecule has 5 heteroatoms. The summed E-state index contributed by atoms with van der Waals surface area (Å²) in [7, 11) is 0. The lowest BCUT2D eigenvalue weighted by atomic mass is 10.1. The van der Waals surface area contributed by atoms with E-state index in [1.54, 1.807) is 24.3 Å². The second-order valence-electron chi connectivity index (χ2n) is 5.34. The van der Waals surface area contributed by atoms with Crippen LogP contribution >= 0.6 is 0 Å². The minimum atomic E-state index is -0.327. The number of hydrogen-bond donors (Lipinski definition) is 2.